The Morgan fingerprint density at radius 3 is 2.00 bits per heavy atom. The molecule has 0 aliphatic heterocycles. The van der Waals surface area contributed by atoms with Crippen LogP contribution in [0, 0.1) is 0 Å². The van der Waals surface area contributed by atoms with Crippen LogP contribution in [-0.2, 0) is 9.47 Å². The van der Waals surface area contributed by atoms with E-state index in [4.69, 9.17) is 9.47 Å². The van der Waals surface area contributed by atoms with Gasteiger partial charge in [-0.1, -0.05) is 5.20 Å². The molecule has 0 aliphatic rings. The minimum Gasteiger partial charge on any atom is -0.384 e. The summed E-state index contributed by atoms with van der Waals surface area (Å²) >= 11 is 0. The van der Waals surface area contributed by atoms with Gasteiger partial charge in [0.05, 0.1) is 6.61 Å². The van der Waals surface area contributed by atoms with Gasteiger partial charge in [-0.05, 0) is 6.42 Å². The molecule has 0 saturated carbocycles. The standard InChI is InChI=1S/C10H23NO2Si/c1-11(2)9(5-7-12-3)10(14)6-8-13-4/h5-8H2,1-4,14H3. The van der Waals surface area contributed by atoms with E-state index in [2.05, 4.69) is 19.0 Å². The van der Waals surface area contributed by atoms with Gasteiger partial charge in [0, 0.05) is 57.3 Å². The van der Waals surface area contributed by atoms with Gasteiger partial charge in [0.2, 0.25) is 0 Å². The first-order valence-electron chi connectivity index (χ1n) is 4.97. The third kappa shape index (κ3) is 5.42. The molecule has 0 unspecified atom stereocenters. The molecule has 0 fully saturated rings. The molecule has 84 valence electrons. The van der Waals surface area contributed by atoms with Crippen molar-refractivity contribution in [2.45, 2.75) is 12.8 Å². The van der Waals surface area contributed by atoms with Gasteiger partial charge in [0.25, 0.3) is 0 Å². The Kier molecular flexibility index (Phi) is 7.84. The monoisotopic (exact) mass is 217 g/mol. The molecular formula is C10H23NO2Si. The van der Waals surface area contributed by atoms with Crippen LogP contribution in [0.1, 0.15) is 12.8 Å². The van der Waals surface area contributed by atoms with Crippen molar-refractivity contribution in [1.29, 1.82) is 0 Å². The lowest BCUT2D eigenvalue weighted by Gasteiger charge is -2.20. The van der Waals surface area contributed by atoms with E-state index in [-0.39, 0.29) is 0 Å². The summed E-state index contributed by atoms with van der Waals surface area (Å²) in [7, 11) is 8.78. The summed E-state index contributed by atoms with van der Waals surface area (Å²) in [6.07, 6.45) is 2.06. The molecule has 0 aromatic rings. The molecule has 0 aromatic carbocycles. The molecule has 3 nitrogen and oxygen atoms in total. The molecule has 0 radical (unpaired) electrons. The van der Waals surface area contributed by atoms with E-state index in [1.807, 2.05) is 0 Å². The molecule has 0 bridgehead atoms. The number of ether oxygens (including phenoxy) is 2. The number of rotatable bonds is 7. The van der Waals surface area contributed by atoms with E-state index in [1.165, 1.54) is 10.9 Å². The van der Waals surface area contributed by atoms with Crippen LogP contribution in [0.5, 0.6) is 0 Å². The van der Waals surface area contributed by atoms with Crippen molar-refractivity contribution in [2.75, 3.05) is 41.5 Å². The van der Waals surface area contributed by atoms with Gasteiger partial charge in [-0.2, -0.15) is 0 Å². The molecule has 0 saturated heterocycles. The fraction of sp³-hybridized carbons (Fsp3) is 0.800. The average Bonchev–Trinajstić information content (AvgIpc) is 2.14. The third-order valence-electron chi connectivity index (χ3n) is 2.26. The van der Waals surface area contributed by atoms with Gasteiger partial charge in [-0.25, -0.2) is 0 Å². The first kappa shape index (κ1) is 13.7. The van der Waals surface area contributed by atoms with Crippen LogP contribution in [0.3, 0.4) is 0 Å². The molecule has 0 rings (SSSR count). The number of hydrogen-bond donors (Lipinski definition) is 0. The van der Waals surface area contributed by atoms with Crippen molar-refractivity contribution < 1.29 is 9.47 Å². The van der Waals surface area contributed by atoms with Crippen LogP contribution in [-0.4, -0.2) is 56.7 Å². The van der Waals surface area contributed by atoms with Crippen molar-refractivity contribution in [1.82, 2.24) is 4.90 Å². The van der Waals surface area contributed by atoms with Gasteiger partial charge in [0.15, 0.2) is 0 Å². The van der Waals surface area contributed by atoms with Crippen LogP contribution in [0.15, 0.2) is 10.9 Å². The largest absolute Gasteiger partial charge is 0.384 e. The highest BCUT2D eigenvalue weighted by molar-refractivity contribution is 6.21. The lowest BCUT2D eigenvalue weighted by molar-refractivity contribution is 0.193. The lowest BCUT2D eigenvalue weighted by Crippen LogP contribution is -2.16. The highest BCUT2D eigenvalue weighted by Gasteiger charge is 2.04. The number of methoxy groups -OCH3 is 2. The predicted octanol–water partition coefficient (Wildman–Crippen LogP) is 0.198. The molecule has 4 heteroatoms. The van der Waals surface area contributed by atoms with Gasteiger partial charge < -0.3 is 14.4 Å². The Morgan fingerprint density at radius 1 is 1.07 bits per heavy atom. The van der Waals surface area contributed by atoms with Crippen LogP contribution >= 0.6 is 0 Å². The summed E-state index contributed by atoms with van der Waals surface area (Å²) in [6.45, 7) is 1.62. The molecule has 0 aromatic heterocycles. The quantitative estimate of drug-likeness (QED) is 0.569. The van der Waals surface area contributed by atoms with Crippen molar-refractivity contribution in [3.8, 4) is 0 Å². The van der Waals surface area contributed by atoms with Gasteiger partial charge in [-0.3, -0.25) is 0 Å². The highest BCUT2D eigenvalue weighted by atomic mass is 28.1. The zero-order chi connectivity index (χ0) is 11.0. The normalized spacial score (nSPS) is 12.9. The zero-order valence-corrected chi connectivity index (χ0v) is 12.1. The molecular weight excluding hydrogens is 194 g/mol. The zero-order valence-electron chi connectivity index (χ0n) is 10.1. The molecule has 14 heavy (non-hydrogen) atoms. The summed E-state index contributed by atoms with van der Waals surface area (Å²) in [5.41, 5.74) is 1.41. The first-order chi connectivity index (χ1) is 6.63. The van der Waals surface area contributed by atoms with Gasteiger partial charge >= 0.3 is 0 Å². The molecule has 0 heterocycles. The minimum atomic E-state index is 0.798. The third-order valence-corrected chi connectivity index (χ3v) is 3.33. The van der Waals surface area contributed by atoms with Crippen molar-refractivity contribution in [2.24, 2.45) is 0 Å². The Labute approximate surface area is 90.5 Å². The van der Waals surface area contributed by atoms with E-state index in [0.29, 0.717) is 0 Å². The summed E-state index contributed by atoms with van der Waals surface area (Å²) in [6, 6.07) is 0. The molecule has 0 amide bonds. The second kappa shape index (κ2) is 8.02. The topological polar surface area (TPSA) is 21.7 Å². The van der Waals surface area contributed by atoms with Crippen molar-refractivity contribution in [3.05, 3.63) is 10.9 Å². The van der Waals surface area contributed by atoms with Gasteiger partial charge in [0.1, 0.15) is 0 Å². The Morgan fingerprint density at radius 2 is 1.57 bits per heavy atom. The summed E-state index contributed by atoms with van der Waals surface area (Å²) < 4.78 is 10.2. The second-order valence-corrected chi connectivity index (χ2v) is 4.81. The fourth-order valence-corrected chi connectivity index (χ4v) is 2.32. The van der Waals surface area contributed by atoms with Crippen molar-refractivity contribution in [3.63, 3.8) is 0 Å². The average molecular weight is 217 g/mol. The Balaban J connectivity index is 4.26. The first-order valence-corrected chi connectivity index (χ1v) is 5.97. The van der Waals surface area contributed by atoms with E-state index < -0.39 is 0 Å². The highest BCUT2D eigenvalue weighted by Crippen LogP contribution is 2.12. The second-order valence-electron chi connectivity index (χ2n) is 3.61. The summed E-state index contributed by atoms with van der Waals surface area (Å²) in [5.74, 6) is 0. The molecule has 0 N–H and O–H groups in total. The molecule has 0 spiro atoms. The smallest absolute Gasteiger partial charge is 0.0516 e. The maximum atomic E-state index is 5.10. The maximum Gasteiger partial charge on any atom is 0.0516 e. The SMILES string of the molecule is COCCC([SiH3])=C(CCOC)N(C)C. The van der Waals surface area contributed by atoms with E-state index in [1.54, 1.807) is 14.2 Å². The fourth-order valence-electron chi connectivity index (χ4n) is 1.42. The van der Waals surface area contributed by atoms with Crippen LogP contribution in [0.4, 0.5) is 0 Å². The van der Waals surface area contributed by atoms with Crippen LogP contribution < -0.4 is 0 Å². The van der Waals surface area contributed by atoms with Crippen LogP contribution in [0.25, 0.3) is 0 Å². The number of nitrogens with zero attached hydrogens (tertiary/aromatic N) is 1. The minimum absolute atomic E-state index is 0.798. The Bertz CT molecular complexity index is 181. The predicted molar refractivity (Wildman–Crippen MR) is 63.6 cm³/mol. The van der Waals surface area contributed by atoms with E-state index in [0.717, 1.165) is 36.3 Å². The summed E-state index contributed by atoms with van der Waals surface area (Å²) in [5, 5.41) is 1.52. The molecule has 0 atom stereocenters. The van der Waals surface area contributed by atoms with E-state index in [9.17, 15) is 0 Å². The Hall–Kier alpha value is -0.323. The lowest BCUT2D eigenvalue weighted by atomic mass is 10.2. The maximum absolute atomic E-state index is 5.10. The summed E-state index contributed by atoms with van der Waals surface area (Å²) in [4.78, 5) is 2.19. The molecule has 0 aliphatic carbocycles. The van der Waals surface area contributed by atoms with Gasteiger partial charge in [-0.15, -0.1) is 0 Å². The van der Waals surface area contributed by atoms with E-state index >= 15 is 0 Å². The number of hydrogen-bond acceptors (Lipinski definition) is 3. The van der Waals surface area contributed by atoms with Crippen molar-refractivity contribution >= 4 is 10.2 Å². The van der Waals surface area contributed by atoms with Crippen LogP contribution in [0.2, 0.25) is 0 Å².